The second kappa shape index (κ2) is 13.0. The van der Waals surface area contributed by atoms with Crippen LogP contribution in [0.5, 0.6) is 11.5 Å². The van der Waals surface area contributed by atoms with Crippen molar-refractivity contribution in [3.8, 4) is 22.6 Å². The van der Waals surface area contributed by atoms with Crippen LogP contribution in [0.4, 0.5) is 0 Å². The first-order valence-corrected chi connectivity index (χ1v) is 10.6. The second-order valence-electron chi connectivity index (χ2n) is 7.33. The summed E-state index contributed by atoms with van der Waals surface area (Å²) in [4.78, 5) is 19.9. The fraction of sp³-hybridized carbons (Fsp3) is 0.231. The number of benzene rings is 3. The van der Waals surface area contributed by atoms with Crippen molar-refractivity contribution in [2.75, 3.05) is 26.4 Å². The Bertz CT molecular complexity index is 1000. The first-order valence-electron chi connectivity index (χ1n) is 10.6. The van der Waals surface area contributed by atoms with Gasteiger partial charge in [-0.15, -0.1) is 0 Å². The number of hydrogen-bond donors (Lipinski definition) is 2. The second-order valence-corrected chi connectivity index (χ2v) is 7.33. The Morgan fingerprint density at radius 1 is 0.853 bits per heavy atom. The van der Waals surface area contributed by atoms with E-state index in [-0.39, 0.29) is 24.2 Å². The molecular formula is C26H26O8. The molecule has 0 amide bonds. The number of hydrogen-bond acceptors (Lipinski definition) is 6. The average Bonchev–Trinajstić information content (AvgIpc) is 3.79. The van der Waals surface area contributed by atoms with E-state index < -0.39 is 5.97 Å². The molecule has 2 aliphatic rings. The van der Waals surface area contributed by atoms with Crippen molar-refractivity contribution in [3.05, 3.63) is 84.4 Å². The van der Waals surface area contributed by atoms with Crippen LogP contribution in [0.1, 0.15) is 10.4 Å². The fourth-order valence-corrected chi connectivity index (χ4v) is 2.86. The zero-order valence-electron chi connectivity index (χ0n) is 18.4. The lowest BCUT2D eigenvalue weighted by Crippen LogP contribution is -2.06. The molecule has 3 aromatic carbocycles. The van der Waals surface area contributed by atoms with E-state index >= 15 is 0 Å². The Balaban J connectivity index is 0.000000305. The molecule has 0 spiro atoms. The molecule has 2 heterocycles. The number of epoxide rings is 2. The Morgan fingerprint density at radius 2 is 1.29 bits per heavy atom. The van der Waals surface area contributed by atoms with Crippen LogP contribution in [0.25, 0.3) is 11.1 Å². The summed E-state index contributed by atoms with van der Waals surface area (Å²) in [5, 5.41) is 16.3. The molecule has 8 heteroatoms. The van der Waals surface area contributed by atoms with E-state index in [1.54, 1.807) is 18.2 Å². The van der Waals surface area contributed by atoms with Crippen LogP contribution in [0.3, 0.4) is 0 Å². The predicted octanol–water partition coefficient (Wildman–Crippen LogP) is 3.99. The van der Waals surface area contributed by atoms with E-state index in [1.807, 2.05) is 60.7 Å². The van der Waals surface area contributed by atoms with Crippen molar-refractivity contribution < 1.29 is 38.7 Å². The SMILES string of the molecule is O=C(O)c1ccc(OCC2CO2)cc1-c1ccc(OCC2CO2)cc1.O=CO.c1ccccc1. The third kappa shape index (κ3) is 8.57. The lowest BCUT2D eigenvalue weighted by Gasteiger charge is -2.11. The van der Waals surface area contributed by atoms with E-state index in [4.69, 9.17) is 28.8 Å². The summed E-state index contributed by atoms with van der Waals surface area (Å²) in [6.45, 7) is 2.22. The molecule has 2 unspecified atom stereocenters. The number of carboxylic acids is 1. The van der Waals surface area contributed by atoms with Gasteiger partial charge in [0.05, 0.1) is 18.8 Å². The summed E-state index contributed by atoms with van der Waals surface area (Å²) < 4.78 is 21.5. The Kier molecular flexibility index (Phi) is 9.45. The van der Waals surface area contributed by atoms with Crippen molar-refractivity contribution >= 4 is 12.4 Å². The van der Waals surface area contributed by atoms with E-state index in [2.05, 4.69) is 0 Å². The van der Waals surface area contributed by atoms with Crippen LogP contribution in [-0.2, 0) is 14.3 Å². The van der Waals surface area contributed by atoms with E-state index in [9.17, 15) is 9.90 Å². The summed E-state index contributed by atoms with van der Waals surface area (Å²) in [7, 11) is 0. The van der Waals surface area contributed by atoms with Crippen molar-refractivity contribution in [1.82, 2.24) is 0 Å². The van der Waals surface area contributed by atoms with Crippen molar-refractivity contribution in [1.29, 1.82) is 0 Å². The summed E-state index contributed by atoms with van der Waals surface area (Å²) >= 11 is 0. The summed E-state index contributed by atoms with van der Waals surface area (Å²) in [5.74, 6) is 0.384. The molecule has 5 rings (SSSR count). The molecule has 2 saturated heterocycles. The van der Waals surface area contributed by atoms with Crippen molar-refractivity contribution in [2.45, 2.75) is 12.2 Å². The number of aromatic carboxylic acids is 1. The number of ether oxygens (including phenoxy) is 4. The zero-order valence-corrected chi connectivity index (χ0v) is 18.4. The minimum absolute atomic E-state index is 0.148. The summed E-state index contributed by atoms with van der Waals surface area (Å²) in [5.41, 5.74) is 1.63. The van der Waals surface area contributed by atoms with E-state index in [0.717, 1.165) is 17.9 Å². The van der Waals surface area contributed by atoms with Gasteiger partial charge >= 0.3 is 5.97 Å². The minimum atomic E-state index is -0.974. The number of carbonyl (C=O) groups is 2. The molecule has 2 N–H and O–H groups in total. The standard InChI is InChI=1S/C19H18O6.C6H6.CH2O2/c20-19(21)17-6-5-14(23-9-16-11-25-16)7-18(17)12-1-3-13(4-2-12)22-8-15-10-24-15;1-2-4-6-5-3-1;2-1-3/h1-7,15-16H,8-11H2,(H,20,21);1-6H;1H,(H,2,3). The van der Waals surface area contributed by atoms with Crippen LogP contribution in [-0.4, -0.2) is 61.3 Å². The first-order chi connectivity index (χ1) is 16.6. The van der Waals surface area contributed by atoms with Crippen LogP contribution in [0.2, 0.25) is 0 Å². The molecule has 0 radical (unpaired) electrons. The molecule has 0 saturated carbocycles. The molecule has 0 bridgehead atoms. The van der Waals surface area contributed by atoms with Gasteiger partial charge in [0.15, 0.2) is 0 Å². The molecule has 0 aliphatic carbocycles. The first kappa shape index (κ1) is 24.8. The highest BCUT2D eigenvalue weighted by Gasteiger charge is 2.24. The Hall–Kier alpha value is -3.88. The van der Waals surface area contributed by atoms with E-state index in [0.29, 0.717) is 31.1 Å². The third-order valence-corrected chi connectivity index (χ3v) is 4.73. The highest BCUT2D eigenvalue weighted by molar-refractivity contribution is 5.96. The highest BCUT2D eigenvalue weighted by atomic mass is 16.6. The maximum Gasteiger partial charge on any atom is 0.336 e. The van der Waals surface area contributed by atoms with Gasteiger partial charge in [0.25, 0.3) is 6.47 Å². The van der Waals surface area contributed by atoms with Gasteiger partial charge in [-0.25, -0.2) is 4.79 Å². The van der Waals surface area contributed by atoms with Gasteiger partial charge in [0.1, 0.15) is 36.9 Å². The summed E-state index contributed by atoms with van der Waals surface area (Å²) in [6, 6.07) is 24.3. The predicted molar refractivity (Wildman–Crippen MR) is 124 cm³/mol. The number of rotatable bonds is 8. The fourth-order valence-electron chi connectivity index (χ4n) is 2.86. The third-order valence-electron chi connectivity index (χ3n) is 4.73. The normalized spacial score (nSPS) is 17.1. The molecule has 2 atom stereocenters. The minimum Gasteiger partial charge on any atom is -0.491 e. The quantitative estimate of drug-likeness (QED) is 0.378. The molecule has 0 aromatic heterocycles. The lowest BCUT2D eigenvalue weighted by atomic mass is 9.99. The zero-order chi connectivity index (χ0) is 24.2. The molecule has 2 fully saturated rings. The van der Waals surface area contributed by atoms with Gasteiger partial charge in [-0.3, -0.25) is 4.79 Å². The molecule has 34 heavy (non-hydrogen) atoms. The summed E-state index contributed by atoms with van der Waals surface area (Å²) in [6.07, 6.45) is 0.344. The maximum atomic E-state index is 11.5. The highest BCUT2D eigenvalue weighted by Crippen LogP contribution is 2.30. The topological polar surface area (TPSA) is 118 Å². The van der Waals surface area contributed by atoms with Crippen LogP contribution < -0.4 is 9.47 Å². The molecule has 2 aliphatic heterocycles. The van der Waals surface area contributed by atoms with Crippen LogP contribution in [0.15, 0.2) is 78.9 Å². The maximum absolute atomic E-state index is 11.5. The van der Waals surface area contributed by atoms with Crippen LogP contribution >= 0.6 is 0 Å². The van der Waals surface area contributed by atoms with Crippen molar-refractivity contribution in [2.24, 2.45) is 0 Å². The van der Waals surface area contributed by atoms with Crippen LogP contribution in [0, 0.1) is 0 Å². The van der Waals surface area contributed by atoms with E-state index in [1.165, 1.54) is 0 Å². The van der Waals surface area contributed by atoms with Gasteiger partial charge in [0.2, 0.25) is 0 Å². The Morgan fingerprint density at radius 3 is 1.74 bits per heavy atom. The molecule has 3 aromatic rings. The monoisotopic (exact) mass is 466 g/mol. The van der Waals surface area contributed by atoms with Crippen molar-refractivity contribution in [3.63, 3.8) is 0 Å². The smallest absolute Gasteiger partial charge is 0.336 e. The van der Waals surface area contributed by atoms with Gasteiger partial charge in [-0.05, 0) is 41.5 Å². The number of carboxylic acid groups (broad SMARTS) is 2. The Labute approximate surface area is 197 Å². The molecular weight excluding hydrogens is 440 g/mol. The van der Waals surface area contributed by atoms with Gasteiger partial charge in [-0.1, -0.05) is 48.5 Å². The molecule has 178 valence electrons. The van der Waals surface area contributed by atoms with Gasteiger partial charge < -0.3 is 29.2 Å². The average molecular weight is 466 g/mol. The molecule has 8 nitrogen and oxygen atoms in total. The largest absolute Gasteiger partial charge is 0.491 e. The van der Waals surface area contributed by atoms with Gasteiger partial charge in [0, 0.05) is 0 Å². The lowest BCUT2D eigenvalue weighted by molar-refractivity contribution is -0.122. The van der Waals surface area contributed by atoms with Gasteiger partial charge in [-0.2, -0.15) is 0 Å².